The van der Waals surface area contributed by atoms with Crippen LogP contribution in [0.25, 0.3) is 0 Å². The molecule has 1 aromatic rings. The summed E-state index contributed by atoms with van der Waals surface area (Å²) in [5, 5.41) is 2.95. The van der Waals surface area contributed by atoms with Gasteiger partial charge in [-0.3, -0.25) is 0 Å². The summed E-state index contributed by atoms with van der Waals surface area (Å²) in [5.41, 5.74) is 0.708. The number of nitrogens with one attached hydrogen (secondary N) is 1. The fraction of sp³-hybridized carbons (Fsp3) is 0.588. The topological polar surface area (TPSA) is 50.8 Å². The summed E-state index contributed by atoms with van der Waals surface area (Å²) in [6, 6.07) is 7.43. The van der Waals surface area contributed by atoms with Gasteiger partial charge >= 0.3 is 6.03 Å². The number of amides is 2. The van der Waals surface area contributed by atoms with E-state index in [4.69, 9.17) is 9.47 Å². The summed E-state index contributed by atoms with van der Waals surface area (Å²) in [6.45, 7) is 9.98. The van der Waals surface area contributed by atoms with Crippen molar-refractivity contribution in [2.24, 2.45) is 5.92 Å². The van der Waals surface area contributed by atoms with E-state index in [-0.39, 0.29) is 18.2 Å². The van der Waals surface area contributed by atoms with E-state index in [0.717, 1.165) is 0 Å². The van der Waals surface area contributed by atoms with Crippen LogP contribution in [0, 0.1) is 5.92 Å². The van der Waals surface area contributed by atoms with Crippen molar-refractivity contribution in [3.63, 3.8) is 0 Å². The van der Waals surface area contributed by atoms with Crippen molar-refractivity contribution in [1.82, 2.24) is 4.90 Å². The number of para-hydroxylation sites is 2. The summed E-state index contributed by atoms with van der Waals surface area (Å²) in [6.07, 6.45) is 0.115. The highest BCUT2D eigenvalue weighted by molar-refractivity contribution is 5.91. The average molecular weight is 306 g/mol. The maximum absolute atomic E-state index is 12.5. The predicted octanol–water partition coefficient (Wildman–Crippen LogP) is 3.36. The second kappa shape index (κ2) is 7.49. The third kappa shape index (κ3) is 4.63. The molecule has 1 aliphatic heterocycles. The van der Waals surface area contributed by atoms with Gasteiger partial charge in [0, 0.05) is 13.1 Å². The van der Waals surface area contributed by atoms with Crippen LogP contribution in [0.1, 0.15) is 27.7 Å². The van der Waals surface area contributed by atoms with Gasteiger partial charge in [-0.15, -0.1) is 0 Å². The van der Waals surface area contributed by atoms with E-state index in [1.165, 1.54) is 0 Å². The number of ether oxygens (including phenoxy) is 2. The predicted molar refractivity (Wildman–Crippen MR) is 87.4 cm³/mol. The first-order chi connectivity index (χ1) is 10.5. The molecule has 1 aromatic carbocycles. The number of benzene rings is 1. The third-order valence-corrected chi connectivity index (χ3v) is 3.41. The first-order valence-electron chi connectivity index (χ1n) is 7.89. The number of rotatable bonds is 4. The zero-order chi connectivity index (χ0) is 16.1. The second-order valence-electron chi connectivity index (χ2n) is 6.29. The van der Waals surface area contributed by atoms with Crippen molar-refractivity contribution < 1.29 is 14.3 Å². The van der Waals surface area contributed by atoms with Crippen LogP contribution >= 0.6 is 0 Å². The van der Waals surface area contributed by atoms with Gasteiger partial charge in [0.15, 0.2) is 0 Å². The molecule has 122 valence electrons. The van der Waals surface area contributed by atoms with E-state index >= 15 is 0 Å². The fourth-order valence-electron chi connectivity index (χ4n) is 2.49. The van der Waals surface area contributed by atoms with Crippen LogP contribution in [0.2, 0.25) is 0 Å². The van der Waals surface area contributed by atoms with Crippen molar-refractivity contribution in [2.75, 3.05) is 25.0 Å². The first kappa shape index (κ1) is 16.6. The van der Waals surface area contributed by atoms with Crippen LogP contribution in [0.5, 0.6) is 5.75 Å². The quantitative estimate of drug-likeness (QED) is 0.928. The molecular formula is C17H26N2O3. The van der Waals surface area contributed by atoms with Crippen LogP contribution in [0.4, 0.5) is 10.5 Å². The number of anilines is 1. The van der Waals surface area contributed by atoms with Crippen LogP contribution in [-0.2, 0) is 4.74 Å². The third-order valence-electron chi connectivity index (χ3n) is 3.41. The SMILES string of the molecule is CC(C)COc1ccccc1NC(=O)N1CC(C)OC(C)C1. The molecule has 2 rings (SSSR count). The van der Waals surface area contributed by atoms with Crippen LogP contribution < -0.4 is 10.1 Å². The molecule has 22 heavy (non-hydrogen) atoms. The zero-order valence-corrected chi connectivity index (χ0v) is 13.8. The molecule has 5 nitrogen and oxygen atoms in total. The summed E-state index contributed by atoms with van der Waals surface area (Å²) in [4.78, 5) is 14.2. The molecule has 0 radical (unpaired) electrons. The summed E-state index contributed by atoms with van der Waals surface area (Å²) in [5.74, 6) is 1.14. The Bertz CT molecular complexity index is 494. The van der Waals surface area contributed by atoms with E-state index in [1.54, 1.807) is 4.90 Å². The molecule has 2 amide bonds. The molecule has 1 fully saturated rings. The van der Waals surface area contributed by atoms with Crippen LogP contribution in [-0.4, -0.2) is 42.8 Å². The van der Waals surface area contributed by atoms with Gasteiger partial charge in [0.25, 0.3) is 0 Å². The van der Waals surface area contributed by atoms with E-state index < -0.39 is 0 Å². The van der Waals surface area contributed by atoms with Gasteiger partial charge in [-0.1, -0.05) is 26.0 Å². The molecule has 0 spiro atoms. The maximum Gasteiger partial charge on any atom is 0.322 e. The van der Waals surface area contributed by atoms with Gasteiger partial charge in [-0.05, 0) is 31.9 Å². The maximum atomic E-state index is 12.5. The lowest BCUT2D eigenvalue weighted by molar-refractivity contribution is -0.0530. The minimum absolute atomic E-state index is 0.0573. The molecule has 1 heterocycles. The summed E-state index contributed by atoms with van der Waals surface area (Å²) >= 11 is 0. The molecule has 2 unspecified atom stereocenters. The molecule has 2 atom stereocenters. The van der Waals surface area contributed by atoms with Crippen molar-refractivity contribution in [2.45, 2.75) is 39.9 Å². The van der Waals surface area contributed by atoms with Gasteiger partial charge in [-0.25, -0.2) is 4.79 Å². The Labute approximate surface area is 132 Å². The number of carbonyl (C=O) groups is 1. The number of carbonyl (C=O) groups excluding carboxylic acids is 1. The molecule has 0 aliphatic carbocycles. The highest BCUT2D eigenvalue weighted by Gasteiger charge is 2.26. The van der Waals surface area contributed by atoms with Crippen molar-refractivity contribution >= 4 is 11.7 Å². The van der Waals surface area contributed by atoms with Gasteiger partial charge in [0.2, 0.25) is 0 Å². The highest BCUT2D eigenvalue weighted by Crippen LogP contribution is 2.25. The molecule has 5 heteroatoms. The Hall–Kier alpha value is -1.75. The van der Waals surface area contributed by atoms with Gasteiger partial charge in [0.05, 0.1) is 24.5 Å². The van der Waals surface area contributed by atoms with Gasteiger partial charge < -0.3 is 19.7 Å². The second-order valence-corrected chi connectivity index (χ2v) is 6.29. The lowest BCUT2D eigenvalue weighted by atomic mass is 10.2. The van der Waals surface area contributed by atoms with Gasteiger partial charge in [-0.2, -0.15) is 0 Å². The minimum atomic E-state index is -0.109. The van der Waals surface area contributed by atoms with Gasteiger partial charge in [0.1, 0.15) is 5.75 Å². The number of morpholine rings is 1. The first-order valence-corrected chi connectivity index (χ1v) is 7.89. The average Bonchev–Trinajstić information content (AvgIpc) is 2.45. The van der Waals surface area contributed by atoms with E-state index in [2.05, 4.69) is 19.2 Å². The number of hydrogen-bond donors (Lipinski definition) is 1. The van der Waals surface area contributed by atoms with Crippen LogP contribution in [0.3, 0.4) is 0 Å². The molecule has 0 saturated carbocycles. The lowest BCUT2D eigenvalue weighted by Crippen LogP contribution is -2.49. The Balaban J connectivity index is 2.02. The van der Waals surface area contributed by atoms with Crippen molar-refractivity contribution in [1.29, 1.82) is 0 Å². The van der Waals surface area contributed by atoms with E-state index in [0.29, 0.717) is 37.1 Å². The normalized spacial score (nSPS) is 21.8. The summed E-state index contributed by atoms with van der Waals surface area (Å²) in [7, 11) is 0. The van der Waals surface area contributed by atoms with Crippen LogP contribution in [0.15, 0.2) is 24.3 Å². The number of nitrogens with zero attached hydrogens (tertiary/aromatic N) is 1. The minimum Gasteiger partial charge on any atom is -0.491 e. The lowest BCUT2D eigenvalue weighted by Gasteiger charge is -2.35. The molecule has 0 aromatic heterocycles. The zero-order valence-electron chi connectivity index (χ0n) is 13.8. The molecular weight excluding hydrogens is 280 g/mol. The number of hydrogen-bond acceptors (Lipinski definition) is 3. The molecule has 1 N–H and O–H groups in total. The highest BCUT2D eigenvalue weighted by atomic mass is 16.5. The fourth-order valence-corrected chi connectivity index (χ4v) is 2.49. The Morgan fingerprint density at radius 1 is 1.32 bits per heavy atom. The Kier molecular flexibility index (Phi) is 5.66. The summed E-state index contributed by atoms with van der Waals surface area (Å²) < 4.78 is 11.4. The Morgan fingerprint density at radius 3 is 2.59 bits per heavy atom. The van der Waals surface area contributed by atoms with E-state index in [9.17, 15) is 4.79 Å². The van der Waals surface area contributed by atoms with E-state index in [1.807, 2.05) is 38.1 Å². The molecule has 0 bridgehead atoms. The van der Waals surface area contributed by atoms with Crippen molar-refractivity contribution in [3.05, 3.63) is 24.3 Å². The smallest absolute Gasteiger partial charge is 0.322 e. The number of urea groups is 1. The monoisotopic (exact) mass is 306 g/mol. The molecule has 1 aliphatic rings. The van der Waals surface area contributed by atoms with Crippen molar-refractivity contribution in [3.8, 4) is 5.75 Å². The largest absolute Gasteiger partial charge is 0.491 e. The standard InChI is InChI=1S/C17H26N2O3/c1-12(2)11-21-16-8-6-5-7-15(16)18-17(20)19-9-13(3)22-14(4)10-19/h5-8,12-14H,9-11H2,1-4H3,(H,18,20). The Morgan fingerprint density at radius 2 is 1.95 bits per heavy atom. The molecule has 1 saturated heterocycles.